The first-order chi connectivity index (χ1) is 9.24. The second kappa shape index (κ2) is 7.01. The van der Waals surface area contributed by atoms with Crippen LogP contribution in [-0.2, 0) is 19.1 Å². The van der Waals surface area contributed by atoms with E-state index in [0.29, 0.717) is 39.3 Å². The lowest BCUT2D eigenvalue weighted by atomic mass is 9.82. The predicted molar refractivity (Wildman–Crippen MR) is 69.8 cm³/mol. The van der Waals surface area contributed by atoms with Crippen molar-refractivity contribution in [2.75, 3.05) is 32.9 Å². The van der Waals surface area contributed by atoms with E-state index in [-0.39, 0.29) is 17.7 Å². The minimum atomic E-state index is -0.406. The SMILES string of the molecule is CCOC(=O)[C@H]([C@H]1CCCCC1=O)N1CCOCC1. The second-order valence-electron chi connectivity index (χ2n) is 5.16. The molecule has 0 spiro atoms. The number of hydrogen-bond acceptors (Lipinski definition) is 5. The van der Waals surface area contributed by atoms with E-state index in [9.17, 15) is 9.59 Å². The molecule has 0 aromatic carbocycles. The Bertz CT molecular complexity index is 325. The highest BCUT2D eigenvalue weighted by atomic mass is 16.5. The molecule has 0 aromatic heterocycles. The molecular formula is C14H23NO4. The van der Waals surface area contributed by atoms with Crippen LogP contribution >= 0.6 is 0 Å². The summed E-state index contributed by atoms with van der Waals surface area (Å²) in [5.41, 5.74) is 0. The molecule has 2 fully saturated rings. The molecule has 1 saturated carbocycles. The van der Waals surface area contributed by atoms with Gasteiger partial charge in [-0.3, -0.25) is 14.5 Å². The lowest BCUT2D eigenvalue weighted by Gasteiger charge is -2.38. The third-order valence-electron chi connectivity index (χ3n) is 3.95. The molecule has 0 radical (unpaired) electrons. The number of morpholine rings is 1. The van der Waals surface area contributed by atoms with Crippen molar-refractivity contribution in [2.24, 2.45) is 5.92 Å². The predicted octanol–water partition coefficient (Wildman–Crippen LogP) is 1.01. The van der Waals surface area contributed by atoms with E-state index in [1.165, 1.54) is 0 Å². The topological polar surface area (TPSA) is 55.8 Å². The Hall–Kier alpha value is -0.940. The number of carbonyl (C=O) groups is 2. The quantitative estimate of drug-likeness (QED) is 0.713. The molecule has 1 aliphatic carbocycles. The number of carbonyl (C=O) groups excluding carboxylic acids is 2. The Kier molecular flexibility index (Phi) is 5.34. The van der Waals surface area contributed by atoms with Crippen molar-refractivity contribution in [1.82, 2.24) is 4.90 Å². The van der Waals surface area contributed by atoms with Gasteiger partial charge in [0, 0.05) is 25.4 Å². The van der Waals surface area contributed by atoms with Crippen LogP contribution in [0.15, 0.2) is 0 Å². The van der Waals surface area contributed by atoms with E-state index in [1.807, 2.05) is 0 Å². The average Bonchev–Trinajstić information content (AvgIpc) is 2.43. The molecule has 2 rings (SSSR count). The number of ketones is 1. The summed E-state index contributed by atoms with van der Waals surface area (Å²) in [4.78, 5) is 26.4. The summed E-state index contributed by atoms with van der Waals surface area (Å²) in [5, 5.41) is 0. The third kappa shape index (κ3) is 3.54. The van der Waals surface area contributed by atoms with Gasteiger partial charge in [-0.25, -0.2) is 0 Å². The Labute approximate surface area is 114 Å². The van der Waals surface area contributed by atoms with Gasteiger partial charge in [0.2, 0.25) is 0 Å². The third-order valence-corrected chi connectivity index (χ3v) is 3.95. The van der Waals surface area contributed by atoms with Crippen LogP contribution in [0.5, 0.6) is 0 Å². The number of nitrogens with zero attached hydrogens (tertiary/aromatic N) is 1. The van der Waals surface area contributed by atoms with E-state index in [1.54, 1.807) is 6.92 Å². The molecule has 1 aliphatic heterocycles. The zero-order valence-electron chi connectivity index (χ0n) is 11.6. The van der Waals surface area contributed by atoms with Crippen LogP contribution in [0.25, 0.3) is 0 Å². The number of esters is 1. The summed E-state index contributed by atoms with van der Waals surface area (Å²) < 4.78 is 10.5. The summed E-state index contributed by atoms with van der Waals surface area (Å²) in [5.74, 6) is -0.216. The Morgan fingerprint density at radius 3 is 2.79 bits per heavy atom. The minimum absolute atomic E-state index is 0.189. The van der Waals surface area contributed by atoms with Gasteiger partial charge < -0.3 is 9.47 Å². The zero-order valence-corrected chi connectivity index (χ0v) is 11.6. The minimum Gasteiger partial charge on any atom is -0.465 e. The van der Waals surface area contributed by atoms with Crippen LogP contribution in [0.3, 0.4) is 0 Å². The van der Waals surface area contributed by atoms with Crippen molar-refractivity contribution < 1.29 is 19.1 Å². The van der Waals surface area contributed by atoms with E-state index in [0.717, 1.165) is 19.3 Å². The van der Waals surface area contributed by atoms with Gasteiger partial charge in [0.1, 0.15) is 11.8 Å². The molecule has 5 nitrogen and oxygen atoms in total. The molecule has 19 heavy (non-hydrogen) atoms. The fourth-order valence-corrected chi connectivity index (χ4v) is 2.99. The van der Waals surface area contributed by atoms with Gasteiger partial charge >= 0.3 is 5.97 Å². The lowest BCUT2D eigenvalue weighted by molar-refractivity contribution is -0.157. The summed E-state index contributed by atoms with van der Waals surface area (Å²) in [6.07, 6.45) is 3.38. The number of rotatable bonds is 4. The average molecular weight is 269 g/mol. The standard InChI is InChI=1S/C14H23NO4/c1-2-19-14(17)13(15-7-9-18-10-8-15)11-5-3-4-6-12(11)16/h11,13H,2-10H2,1H3/t11-,13-/m0/s1. The number of ether oxygens (including phenoxy) is 2. The van der Waals surface area contributed by atoms with Gasteiger partial charge in [-0.05, 0) is 19.8 Å². The zero-order chi connectivity index (χ0) is 13.7. The van der Waals surface area contributed by atoms with Crippen molar-refractivity contribution >= 4 is 11.8 Å². The summed E-state index contributed by atoms with van der Waals surface area (Å²) in [7, 11) is 0. The molecule has 2 aliphatic rings. The van der Waals surface area contributed by atoms with Crippen LogP contribution in [0.1, 0.15) is 32.6 Å². The van der Waals surface area contributed by atoms with Crippen LogP contribution in [-0.4, -0.2) is 55.6 Å². The van der Waals surface area contributed by atoms with Crippen LogP contribution < -0.4 is 0 Å². The van der Waals surface area contributed by atoms with Gasteiger partial charge in [0.15, 0.2) is 0 Å². The van der Waals surface area contributed by atoms with Gasteiger partial charge in [0.25, 0.3) is 0 Å². The van der Waals surface area contributed by atoms with E-state index in [2.05, 4.69) is 4.90 Å². The molecule has 0 unspecified atom stereocenters. The molecule has 108 valence electrons. The van der Waals surface area contributed by atoms with Crippen LogP contribution in [0.4, 0.5) is 0 Å². The van der Waals surface area contributed by atoms with Crippen molar-refractivity contribution in [3.8, 4) is 0 Å². The van der Waals surface area contributed by atoms with Gasteiger partial charge in [-0.15, -0.1) is 0 Å². The molecule has 0 amide bonds. The number of Topliss-reactive ketones (excluding diaryl/α,β-unsaturated/α-hetero) is 1. The van der Waals surface area contributed by atoms with E-state index < -0.39 is 6.04 Å². The molecule has 0 aromatic rings. The Morgan fingerprint density at radius 2 is 2.16 bits per heavy atom. The van der Waals surface area contributed by atoms with Crippen molar-refractivity contribution in [3.05, 3.63) is 0 Å². The van der Waals surface area contributed by atoms with Gasteiger partial charge in [-0.2, -0.15) is 0 Å². The first-order valence-electron chi connectivity index (χ1n) is 7.25. The second-order valence-corrected chi connectivity index (χ2v) is 5.16. The summed E-state index contributed by atoms with van der Waals surface area (Å²) in [6, 6.07) is -0.406. The fraction of sp³-hybridized carbons (Fsp3) is 0.857. The maximum Gasteiger partial charge on any atom is 0.324 e. The molecule has 0 bridgehead atoms. The molecular weight excluding hydrogens is 246 g/mol. The van der Waals surface area contributed by atoms with Crippen molar-refractivity contribution in [1.29, 1.82) is 0 Å². The highest BCUT2D eigenvalue weighted by molar-refractivity contribution is 5.89. The fourth-order valence-electron chi connectivity index (χ4n) is 2.99. The monoisotopic (exact) mass is 269 g/mol. The highest BCUT2D eigenvalue weighted by Gasteiger charge is 2.40. The Morgan fingerprint density at radius 1 is 1.42 bits per heavy atom. The molecule has 2 atom stereocenters. The summed E-state index contributed by atoms with van der Waals surface area (Å²) in [6.45, 7) is 4.81. The van der Waals surface area contributed by atoms with Gasteiger partial charge in [0.05, 0.1) is 19.8 Å². The largest absolute Gasteiger partial charge is 0.465 e. The number of hydrogen-bond donors (Lipinski definition) is 0. The summed E-state index contributed by atoms with van der Waals surface area (Å²) >= 11 is 0. The van der Waals surface area contributed by atoms with Crippen molar-refractivity contribution in [3.63, 3.8) is 0 Å². The van der Waals surface area contributed by atoms with E-state index >= 15 is 0 Å². The van der Waals surface area contributed by atoms with Crippen LogP contribution in [0.2, 0.25) is 0 Å². The van der Waals surface area contributed by atoms with Crippen LogP contribution in [0, 0.1) is 5.92 Å². The Balaban J connectivity index is 2.11. The molecule has 1 heterocycles. The smallest absolute Gasteiger partial charge is 0.324 e. The van der Waals surface area contributed by atoms with Crippen molar-refractivity contribution in [2.45, 2.75) is 38.6 Å². The lowest BCUT2D eigenvalue weighted by Crippen LogP contribution is -2.53. The highest BCUT2D eigenvalue weighted by Crippen LogP contribution is 2.27. The molecule has 5 heteroatoms. The van der Waals surface area contributed by atoms with Gasteiger partial charge in [-0.1, -0.05) is 6.42 Å². The first kappa shape index (κ1) is 14.5. The molecule has 0 N–H and O–H groups in total. The molecule has 1 saturated heterocycles. The maximum absolute atomic E-state index is 12.2. The normalized spacial score (nSPS) is 27.0. The first-order valence-corrected chi connectivity index (χ1v) is 7.25. The van der Waals surface area contributed by atoms with E-state index in [4.69, 9.17) is 9.47 Å². The maximum atomic E-state index is 12.2.